The summed E-state index contributed by atoms with van der Waals surface area (Å²) in [6, 6.07) is -0.740. The third kappa shape index (κ3) is 4.54. The molecule has 0 aromatic rings. The highest BCUT2D eigenvalue weighted by atomic mass is 16.4. The molecule has 0 aromatic carbocycles. The van der Waals surface area contributed by atoms with E-state index < -0.39 is 31.1 Å². The van der Waals surface area contributed by atoms with Gasteiger partial charge in [0.2, 0.25) is 0 Å². The largest absolute Gasteiger partial charge is 0.480 e. The molecule has 17 heavy (non-hydrogen) atoms. The van der Waals surface area contributed by atoms with Crippen LogP contribution in [0, 0.1) is 0 Å². The van der Waals surface area contributed by atoms with Crippen LogP contribution in [0.1, 0.15) is 12.8 Å². The van der Waals surface area contributed by atoms with E-state index in [4.69, 9.17) is 10.2 Å². The number of aliphatic carboxylic acids is 2. The van der Waals surface area contributed by atoms with Crippen LogP contribution in [0.5, 0.6) is 0 Å². The molecule has 3 N–H and O–H groups in total. The minimum atomic E-state index is -1.24. The molecule has 1 rings (SSSR count). The number of carbonyl (C=O) groups excluding carboxylic acids is 1. The normalized spacial score (nSPS) is 14.6. The van der Waals surface area contributed by atoms with Gasteiger partial charge in [-0.05, 0) is 12.8 Å². The van der Waals surface area contributed by atoms with Gasteiger partial charge in [0.1, 0.15) is 13.1 Å². The SMILES string of the molecule is O=C(O)CN(CC(=O)O)C(=O)NC1CC=CC1. The predicted molar refractivity (Wildman–Crippen MR) is 57.5 cm³/mol. The molecule has 0 fully saturated rings. The van der Waals surface area contributed by atoms with E-state index in [1.807, 2.05) is 12.2 Å². The van der Waals surface area contributed by atoms with Gasteiger partial charge in [-0.1, -0.05) is 12.2 Å². The molecule has 0 spiro atoms. The maximum absolute atomic E-state index is 11.6. The molecule has 0 heterocycles. The monoisotopic (exact) mass is 242 g/mol. The van der Waals surface area contributed by atoms with E-state index in [2.05, 4.69) is 5.32 Å². The van der Waals surface area contributed by atoms with Crippen LogP contribution < -0.4 is 5.32 Å². The molecule has 2 amide bonds. The molecule has 0 saturated carbocycles. The first-order chi connectivity index (χ1) is 7.99. The maximum atomic E-state index is 11.6. The molecular weight excluding hydrogens is 228 g/mol. The summed E-state index contributed by atoms with van der Waals surface area (Å²) in [6.07, 6.45) is 5.17. The number of carboxylic acid groups (broad SMARTS) is 2. The molecule has 0 aromatic heterocycles. The molecule has 0 bridgehead atoms. The molecule has 0 unspecified atom stereocenters. The number of rotatable bonds is 5. The van der Waals surface area contributed by atoms with Crippen molar-refractivity contribution in [2.45, 2.75) is 18.9 Å². The van der Waals surface area contributed by atoms with E-state index in [0.29, 0.717) is 12.8 Å². The summed E-state index contributed by atoms with van der Waals surface area (Å²) in [4.78, 5) is 33.4. The van der Waals surface area contributed by atoms with E-state index in [1.165, 1.54) is 0 Å². The Morgan fingerprint density at radius 3 is 2.00 bits per heavy atom. The Balaban J connectivity index is 2.51. The second-order valence-electron chi connectivity index (χ2n) is 3.73. The highest BCUT2D eigenvalue weighted by Gasteiger charge is 2.22. The average Bonchev–Trinajstić information content (AvgIpc) is 2.67. The van der Waals surface area contributed by atoms with Gasteiger partial charge in [-0.15, -0.1) is 0 Å². The fourth-order valence-electron chi connectivity index (χ4n) is 1.53. The minimum absolute atomic E-state index is 0.0763. The first kappa shape index (κ1) is 13.0. The highest BCUT2D eigenvalue weighted by molar-refractivity contribution is 5.84. The molecule has 7 nitrogen and oxygen atoms in total. The lowest BCUT2D eigenvalue weighted by Crippen LogP contribution is -2.48. The molecule has 0 radical (unpaired) electrons. The van der Waals surface area contributed by atoms with Crippen molar-refractivity contribution in [2.75, 3.05) is 13.1 Å². The van der Waals surface area contributed by atoms with E-state index in [9.17, 15) is 14.4 Å². The molecule has 94 valence electrons. The zero-order chi connectivity index (χ0) is 12.8. The second-order valence-corrected chi connectivity index (χ2v) is 3.73. The first-order valence-electron chi connectivity index (χ1n) is 5.13. The lowest BCUT2D eigenvalue weighted by molar-refractivity contribution is -0.140. The van der Waals surface area contributed by atoms with E-state index in [1.54, 1.807) is 0 Å². The van der Waals surface area contributed by atoms with Crippen molar-refractivity contribution >= 4 is 18.0 Å². The fourth-order valence-corrected chi connectivity index (χ4v) is 1.53. The number of hydrogen-bond donors (Lipinski definition) is 3. The van der Waals surface area contributed by atoms with Crippen LogP contribution in [0.4, 0.5) is 4.79 Å². The van der Waals surface area contributed by atoms with Crippen LogP contribution in [0.15, 0.2) is 12.2 Å². The maximum Gasteiger partial charge on any atom is 0.323 e. The van der Waals surface area contributed by atoms with Gasteiger partial charge in [0.05, 0.1) is 0 Å². The van der Waals surface area contributed by atoms with Crippen LogP contribution in [0.2, 0.25) is 0 Å². The predicted octanol–water partition coefficient (Wildman–Crippen LogP) is -0.114. The Labute approximate surface area is 97.7 Å². The standard InChI is InChI=1S/C10H14N2O5/c13-8(14)5-12(6-9(15)16)10(17)11-7-3-1-2-4-7/h1-2,7H,3-6H2,(H,11,17)(H,13,14)(H,15,16). The van der Waals surface area contributed by atoms with Gasteiger partial charge in [0.15, 0.2) is 0 Å². The van der Waals surface area contributed by atoms with Gasteiger partial charge < -0.3 is 20.4 Å². The Morgan fingerprint density at radius 2 is 1.59 bits per heavy atom. The number of hydrogen-bond acceptors (Lipinski definition) is 3. The Bertz CT molecular complexity index is 329. The number of urea groups is 1. The van der Waals surface area contributed by atoms with Gasteiger partial charge in [-0.25, -0.2) is 4.79 Å². The van der Waals surface area contributed by atoms with Crippen molar-refractivity contribution in [3.05, 3.63) is 12.2 Å². The number of nitrogens with one attached hydrogen (secondary N) is 1. The van der Waals surface area contributed by atoms with Gasteiger partial charge in [-0.3, -0.25) is 9.59 Å². The molecule has 7 heteroatoms. The summed E-state index contributed by atoms with van der Waals surface area (Å²) in [5.41, 5.74) is 0. The number of carboxylic acids is 2. The summed E-state index contributed by atoms with van der Waals surface area (Å²) in [5, 5.41) is 19.7. The van der Waals surface area contributed by atoms with Gasteiger partial charge in [-0.2, -0.15) is 0 Å². The van der Waals surface area contributed by atoms with Crippen molar-refractivity contribution in [1.82, 2.24) is 10.2 Å². The topological polar surface area (TPSA) is 107 Å². The zero-order valence-corrected chi connectivity index (χ0v) is 9.13. The Morgan fingerprint density at radius 1 is 1.12 bits per heavy atom. The fraction of sp³-hybridized carbons (Fsp3) is 0.500. The van der Waals surface area contributed by atoms with E-state index in [-0.39, 0.29) is 6.04 Å². The highest BCUT2D eigenvalue weighted by Crippen LogP contribution is 2.09. The lowest BCUT2D eigenvalue weighted by atomic mass is 10.2. The van der Waals surface area contributed by atoms with E-state index in [0.717, 1.165) is 4.90 Å². The molecule has 1 aliphatic rings. The van der Waals surface area contributed by atoms with Gasteiger partial charge >= 0.3 is 18.0 Å². The summed E-state index contributed by atoms with van der Waals surface area (Å²) >= 11 is 0. The molecule has 1 aliphatic carbocycles. The van der Waals surface area contributed by atoms with Crippen molar-refractivity contribution in [2.24, 2.45) is 0 Å². The summed E-state index contributed by atoms with van der Waals surface area (Å²) in [6.45, 7) is -1.25. The van der Waals surface area contributed by atoms with Crippen molar-refractivity contribution in [3.8, 4) is 0 Å². The Hall–Kier alpha value is -2.05. The van der Waals surface area contributed by atoms with Crippen LogP contribution in [0.25, 0.3) is 0 Å². The van der Waals surface area contributed by atoms with Crippen LogP contribution in [-0.2, 0) is 9.59 Å². The molecular formula is C10H14N2O5. The van der Waals surface area contributed by atoms with E-state index >= 15 is 0 Å². The van der Waals surface area contributed by atoms with Crippen LogP contribution in [-0.4, -0.2) is 52.2 Å². The summed E-state index contributed by atoms with van der Waals surface area (Å²) in [5.74, 6) is -2.49. The van der Waals surface area contributed by atoms with Gasteiger partial charge in [0.25, 0.3) is 0 Å². The third-order valence-corrected chi connectivity index (χ3v) is 2.27. The number of carbonyl (C=O) groups is 3. The number of nitrogens with zero attached hydrogens (tertiary/aromatic N) is 1. The smallest absolute Gasteiger partial charge is 0.323 e. The van der Waals surface area contributed by atoms with Crippen molar-refractivity contribution in [3.63, 3.8) is 0 Å². The minimum Gasteiger partial charge on any atom is -0.480 e. The lowest BCUT2D eigenvalue weighted by Gasteiger charge is -2.21. The van der Waals surface area contributed by atoms with Gasteiger partial charge in [0, 0.05) is 6.04 Å². The first-order valence-corrected chi connectivity index (χ1v) is 5.13. The van der Waals surface area contributed by atoms with Crippen molar-refractivity contribution < 1.29 is 24.6 Å². The van der Waals surface area contributed by atoms with Crippen LogP contribution >= 0.6 is 0 Å². The van der Waals surface area contributed by atoms with Crippen molar-refractivity contribution in [1.29, 1.82) is 0 Å². The molecule has 0 atom stereocenters. The molecule has 0 aliphatic heterocycles. The summed E-state index contributed by atoms with van der Waals surface area (Å²) in [7, 11) is 0. The third-order valence-electron chi connectivity index (χ3n) is 2.27. The summed E-state index contributed by atoms with van der Waals surface area (Å²) < 4.78 is 0. The number of amides is 2. The second kappa shape index (κ2) is 5.88. The Kier molecular flexibility index (Phi) is 4.50. The zero-order valence-electron chi connectivity index (χ0n) is 9.13. The average molecular weight is 242 g/mol. The molecule has 0 saturated heterocycles. The van der Waals surface area contributed by atoms with Crippen LogP contribution in [0.3, 0.4) is 0 Å². The quantitative estimate of drug-likeness (QED) is 0.583.